The summed E-state index contributed by atoms with van der Waals surface area (Å²) in [6.07, 6.45) is 3.02. The molecule has 9 heteroatoms. The molecule has 1 heterocycles. The summed E-state index contributed by atoms with van der Waals surface area (Å²) in [5.41, 5.74) is -1.44. The van der Waals surface area contributed by atoms with Crippen LogP contribution in [0.3, 0.4) is 0 Å². The minimum absolute atomic E-state index is 0.199. The van der Waals surface area contributed by atoms with E-state index < -0.39 is 34.8 Å². The SMILES string of the molecule is Cn1cc(C(C)(O)CNC(=O)Nc2ccc(F)c(F)c2F)cn1. The fourth-order valence-corrected chi connectivity index (χ4v) is 1.84. The number of nitrogens with one attached hydrogen (secondary N) is 2. The van der Waals surface area contributed by atoms with Gasteiger partial charge in [0.1, 0.15) is 5.60 Å². The van der Waals surface area contributed by atoms with E-state index in [1.165, 1.54) is 17.8 Å². The van der Waals surface area contributed by atoms with Crippen molar-refractivity contribution in [3.8, 4) is 0 Å². The summed E-state index contributed by atoms with van der Waals surface area (Å²) in [5, 5.41) is 18.5. The van der Waals surface area contributed by atoms with Crippen molar-refractivity contribution in [1.29, 1.82) is 0 Å². The van der Waals surface area contributed by atoms with Gasteiger partial charge in [0.05, 0.1) is 18.4 Å². The first-order valence-electron chi connectivity index (χ1n) is 6.60. The number of aryl methyl sites for hydroxylation is 1. The lowest BCUT2D eigenvalue weighted by molar-refractivity contribution is 0.0599. The molecule has 0 aliphatic carbocycles. The predicted molar refractivity (Wildman–Crippen MR) is 76.1 cm³/mol. The maximum Gasteiger partial charge on any atom is 0.319 e. The van der Waals surface area contributed by atoms with Crippen molar-refractivity contribution in [2.45, 2.75) is 12.5 Å². The molecule has 2 amide bonds. The largest absolute Gasteiger partial charge is 0.383 e. The smallest absolute Gasteiger partial charge is 0.319 e. The Morgan fingerprint density at radius 1 is 1.35 bits per heavy atom. The second-order valence-electron chi connectivity index (χ2n) is 5.21. The number of amides is 2. The molecule has 1 atom stereocenters. The number of aliphatic hydroxyl groups is 1. The maximum absolute atomic E-state index is 13.4. The number of carbonyl (C=O) groups is 1. The molecule has 1 unspecified atom stereocenters. The molecule has 3 N–H and O–H groups in total. The zero-order valence-electron chi connectivity index (χ0n) is 12.4. The van der Waals surface area contributed by atoms with Crippen LogP contribution in [-0.2, 0) is 12.6 Å². The molecule has 0 aliphatic heterocycles. The molecule has 0 fully saturated rings. The monoisotopic (exact) mass is 328 g/mol. The van der Waals surface area contributed by atoms with Crippen LogP contribution in [0.15, 0.2) is 24.5 Å². The highest BCUT2D eigenvalue weighted by atomic mass is 19.2. The van der Waals surface area contributed by atoms with E-state index in [2.05, 4.69) is 10.4 Å². The lowest BCUT2D eigenvalue weighted by atomic mass is 10.00. The molecular formula is C14H15F3N4O2. The second kappa shape index (κ2) is 6.29. The van der Waals surface area contributed by atoms with Gasteiger partial charge < -0.3 is 15.7 Å². The minimum atomic E-state index is -1.68. The van der Waals surface area contributed by atoms with Crippen LogP contribution in [0, 0.1) is 17.5 Å². The molecular weight excluding hydrogens is 313 g/mol. The highest BCUT2D eigenvalue weighted by molar-refractivity contribution is 5.89. The van der Waals surface area contributed by atoms with Crippen molar-refractivity contribution in [3.05, 3.63) is 47.5 Å². The van der Waals surface area contributed by atoms with Crippen LogP contribution in [0.4, 0.5) is 23.7 Å². The van der Waals surface area contributed by atoms with Gasteiger partial charge in [-0.3, -0.25) is 4.68 Å². The third kappa shape index (κ3) is 3.81. The summed E-state index contributed by atoms with van der Waals surface area (Å²) in [5.74, 6) is -4.53. The van der Waals surface area contributed by atoms with Crippen LogP contribution in [0.25, 0.3) is 0 Å². The van der Waals surface area contributed by atoms with E-state index in [1.54, 1.807) is 13.2 Å². The standard InChI is InChI=1S/C14H15F3N4O2/c1-14(23,8-5-19-21(2)6-8)7-18-13(22)20-10-4-3-9(15)11(16)12(10)17/h3-6,23H,7H2,1-2H3,(H2,18,20,22). The van der Waals surface area contributed by atoms with Gasteiger partial charge >= 0.3 is 6.03 Å². The minimum Gasteiger partial charge on any atom is -0.383 e. The van der Waals surface area contributed by atoms with Crippen LogP contribution in [0.5, 0.6) is 0 Å². The number of hydrogen-bond donors (Lipinski definition) is 3. The summed E-state index contributed by atoms with van der Waals surface area (Å²) in [6, 6.07) is 0.714. The fourth-order valence-electron chi connectivity index (χ4n) is 1.84. The summed E-state index contributed by atoms with van der Waals surface area (Å²) >= 11 is 0. The van der Waals surface area contributed by atoms with E-state index in [0.29, 0.717) is 11.6 Å². The average Bonchev–Trinajstić information content (AvgIpc) is 2.93. The van der Waals surface area contributed by atoms with Gasteiger partial charge in [-0.05, 0) is 19.1 Å². The molecule has 0 radical (unpaired) electrons. The van der Waals surface area contributed by atoms with Gasteiger partial charge in [-0.25, -0.2) is 18.0 Å². The van der Waals surface area contributed by atoms with Gasteiger partial charge in [0.25, 0.3) is 0 Å². The fraction of sp³-hybridized carbons (Fsp3) is 0.286. The molecule has 2 aromatic rings. The van der Waals surface area contributed by atoms with Crippen LogP contribution >= 0.6 is 0 Å². The van der Waals surface area contributed by atoms with Gasteiger partial charge in [-0.1, -0.05) is 0 Å². The lowest BCUT2D eigenvalue weighted by Crippen LogP contribution is -2.40. The Hall–Kier alpha value is -2.55. The average molecular weight is 328 g/mol. The Kier molecular flexibility index (Phi) is 4.60. The van der Waals surface area contributed by atoms with Crippen molar-refractivity contribution in [3.63, 3.8) is 0 Å². The third-order valence-corrected chi connectivity index (χ3v) is 3.20. The van der Waals surface area contributed by atoms with Crippen LogP contribution < -0.4 is 10.6 Å². The van der Waals surface area contributed by atoms with Gasteiger partial charge in [0.2, 0.25) is 0 Å². The van der Waals surface area contributed by atoms with E-state index in [-0.39, 0.29) is 6.54 Å². The van der Waals surface area contributed by atoms with Gasteiger partial charge in [0, 0.05) is 18.8 Å². The molecule has 23 heavy (non-hydrogen) atoms. The van der Waals surface area contributed by atoms with E-state index in [9.17, 15) is 23.1 Å². The number of benzene rings is 1. The van der Waals surface area contributed by atoms with Crippen LogP contribution in [0.1, 0.15) is 12.5 Å². The molecule has 0 aliphatic rings. The highest BCUT2D eigenvalue weighted by Crippen LogP contribution is 2.20. The number of rotatable bonds is 4. The number of urea groups is 1. The quantitative estimate of drug-likeness (QED) is 0.750. The highest BCUT2D eigenvalue weighted by Gasteiger charge is 2.25. The van der Waals surface area contributed by atoms with Crippen molar-refractivity contribution in [1.82, 2.24) is 15.1 Å². The van der Waals surface area contributed by atoms with Gasteiger partial charge in [-0.2, -0.15) is 5.10 Å². The molecule has 0 saturated heterocycles. The number of halogens is 3. The zero-order chi connectivity index (χ0) is 17.2. The number of anilines is 1. The van der Waals surface area contributed by atoms with E-state index in [1.807, 2.05) is 5.32 Å². The summed E-state index contributed by atoms with van der Waals surface area (Å²) in [7, 11) is 1.67. The summed E-state index contributed by atoms with van der Waals surface area (Å²) < 4.78 is 40.8. The summed E-state index contributed by atoms with van der Waals surface area (Å²) in [6.45, 7) is 1.26. The Balaban J connectivity index is 1.99. The number of aromatic nitrogens is 2. The topological polar surface area (TPSA) is 79.2 Å². The Bertz CT molecular complexity index is 731. The molecule has 6 nitrogen and oxygen atoms in total. The first kappa shape index (κ1) is 16.8. The molecule has 2 rings (SSSR count). The van der Waals surface area contributed by atoms with Gasteiger partial charge in [-0.15, -0.1) is 0 Å². The van der Waals surface area contributed by atoms with Crippen molar-refractivity contribution in [2.75, 3.05) is 11.9 Å². The molecule has 124 valence electrons. The predicted octanol–water partition coefficient (Wildman–Crippen LogP) is 1.87. The first-order chi connectivity index (χ1) is 10.7. The van der Waals surface area contributed by atoms with Crippen LogP contribution in [0.2, 0.25) is 0 Å². The third-order valence-electron chi connectivity index (χ3n) is 3.20. The number of hydrogen-bond acceptors (Lipinski definition) is 3. The number of nitrogens with zero attached hydrogens (tertiary/aromatic N) is 2. The van der Waals surface area contributed by atoms with Crippen LogP contribution in [-0.4, -0.2) is 27.5 Å². The van der Waals surface area contributed by atoms with E-state index >= 15 is 0 Å². The van der Waals surface area contributed by atoms with E-state index in [0.717, 1.165) is 6.07 Å². The van der Waals surface area contributed by atoms with Gasteiger partial charge in [0.15, 0.2) is 17.5 Å². The summed E-state index contributed by atoms with van der Waals surface area (Å²) in [4.78, 5) is 11.7. The van der Waals surface area contributed by atoms with E-state index in [4.69, 9.17) is 0 Å². The van der Waals surface area contributed by atoms with Crippen molar-refractivity contribution < 1.29 is 23.1 Å². The number of carbonyl (C=O) groups excluding carboxylic acids is 1. The molecule has 0 bridgehead atoms. The van der Waals surface area contributed by atoms with Crippen molar-refractivity contribution in [2.24, 2.45) is 7.05 Å². The Morgan fingerprint density at radius 3 is 2.65 bits per heavy atom. The van der Waals surface area contributed by atoms with Crippen molar-refractivity contribution >= 4 is 11.7 Å². The lowest BCUT2D eigenvalue weighted by Gasteiger charge is -2.22. The normalized spacial score (nSPS) is 13.5. The zero-order valence-corrected chi connectivity index (χ0v) is 12.4. The Morgan fingerprint density at radius 2 is 2.04 bits per heavy atom. The first-order valence-corrected chi connectivity index (χ1v) is 6.60. The Labute approximate surface area is 129 Å². The maximum atomic E-state index is 13.4. The molecule has 0 saturated carbocycles. The molecule has 0 spiro atoms. The molecule has 1 aromatic carbocycles. The second-order valence-corrected chi connectivity index (χ2v) is 5.21. The molecule has 1 aromatic heterocycles.